The smallest absolute Gasteiger partial charge is 0.265 e. The molecule has 3 rings (SSSR count). The number of carbonyl (C=O) groups excluding carboxylic acids is 1. The summed E-state index contributed by atoms with van der Waals surface area (Å²) in [6.45, 7) is 2.98. The summed E-state index contributed by atoms with van der Waals surface area (Å²) < 4.78 is 38.6. The Balaban J connectivity index is 1.70. The van der Waals surface area contributed by atoms with E-state index >= 15 is 0 Å². The van der Waals surface area contributed by atoms with Crippen LogP contribution in [0.5, 0.6) is 5.75 Å². The average Bonchev–Trinajstić information content (AvgIpc) is 3.11. The van der Waals surface area contributed by atoms with Crippen LogP contribution in [0, 0.1) is 0 Å². The van der Waals surface area contributed by atoms with Crippen LogP contribution in [-0.4, -0.2) is 39.7 Å². The Bertz CT molecular complexity index is 729. The number of amides is 1. The summed E-state index contributed by atoms with van der Waals surface area (Å²) in [6, 6.07) is 4.51. The SMILES string of the molecule is CCCCC1Oc2ccc(S(=O)(=O)NCC3CCCO3)cc2NC1=O. The highest BCUT2D eigenvalue weighted by Gasteiger charge is 2.28. The molecule has 0 spiro atoms. The fourth-order valence-electron chi connectivity index (χ4n) is 2.97. The number of sulfonamides is 1. The van der Waals surface area contributed by atoms with Crippen molar-refractivity contribution >= 4 is 21.6 Å². The maximum atomic E-state index is 12.4. The topological polar surface area (TPSA) is 93.7 Å². The van der Waals surface area contributed by atoms with Crippen LogP contribution in [0.2, 0.25) is 0 Å². The third kappa shape index (κ3) is 4.31. The Morgan fingerprint density at radius 3 is 2.92 bits per heavy atom. The minimum absolute atomic E-state index is 0.0743. The molecule has 1 aromatic rings. The number of benzene rings is 1. The monoisotopic (exact) mass is 368 g/mol. The van der Waals surface area contributed by atoms with Gasteiger partial charge in [0.25, 0.3) is 5.91 Å². The molecule has 0 saturated carbocycles. The van der Waals surface area contributed by atoms with Gasteiger partial charge in [0.15, 0.2) is 6.10 Å². The zero-order valence-corrected chi connectivity index (χ0v) is 15.1. The van der Waals surface area contributed by atoms with E-state index in [0.717, 1.165) is 25.7 Å². The first-order chi connectivity index (χ1) is 12.0. The summed E-state index contributed by atoms with van der Waals surface area (Å²) in [7, 11) is -3.66. The van der Waals surface area contributed by atoms with E-state index in [9.17, 15) is 13.2 Å². The summed E-state index contributed by atoms with van der Waals surface area (Å²) in [4.78, 5) is 12.2. The van der Waals surface area contributed by atoms with Gasteiger partial charge < -0.3 is 14.8 Å². The highest BCUT2D eigenvalue weighted by molar-refractivity contribution is 7.89. The van der Waals surface area contributed by atoms with Crippen molar-refractivity contribution in [2.75, 3.05) is 18.5 Å². The molecule has 138 valence electrons. The van der Waals surface area contributed by atoms with Gasteiger partial charge in [0, 0.05) is 13.2 Å². The van der Waals surface area contributed by atoms with Gasteiger partial charge >= 0.3 is 0 Å². The van der Waals surface area contributed by atoms with Crippen LogP contribution in [0.25, 0.3) is 0 Å². The summed E-state index contributed by atoms with van der Waals surface area (Å²) in [5, 5.41) is 2.75. The zero-order chi connectivity index (χ0) is 17.9. The Kier molecular flexibility index (Phi) is 5.61. The Morgan fingerprint density at radius 1 is 1.36 bits per heavy atom. The largest absolute Gasteiger partial charge is 0.478 e. The van der Waals surface area contributed by atoms with Crippen LogP contribution in [-0.2, 0) is 19.6 Å². The summed E-state index contributed by atoms with van der Waals surface area (Å²) in [5.74, 6) is 0.265. The fourth-order valence-corrected chi connectivity index (χ4v) is 4.06. The number of ether oxygens (including phenoxy) is 2. The van der Waals surface area contributed by atoms with E-state index in [1.54, 1.807) is 6.07 Å². The molecule has 0 radical (unpaired) electrons. The predicted molar refractivity (Wildman–Crippen MR) is 93.2 cm³/mol. The van der Waals surface area contributed by atoms with Crippen LogP contribution in [0.1, 0.15) is 39.0 Å². The van der Waals surface area contributed by atoms with Gasteiger partial charge in [0.2, 0.25) is 10.0 Å². The van der Waals surface area contributed by atoms with E-state index in [-0.39, 0.29) is 23.5 Å². The second-order valence-corrected chi connectivity index (χ2v) is 8.15. The highest BCUT2D eigenvalue weighted by Crippen LogP contribution is 2.33. The average molecular weight is 368 g/mol. The van der Waals surface area contributed by atoms with Gasteiger partial charge in [-0.15, -0.1) is 0 Å². The number of carbonyl (C=O) groups is 1. The number of hydrogen-bond donors (Lipinski definition) is 2. The molecule has 2 atom stereocenters. The summed E-state index contributed by atoms with van der Waals surface area (Å²) >= 11 is 0. The molecule has 2 heterocycles. The molecule has 0 bridgehead atoms. The molecule has 7 nitrogen and oxygen atoms in total. The third-order valence-corrected chi connectivity index (χ3v) is 5.85. The van der Waals surface area contributed by atoms with Crippen molar-refractivity contribution in [3.05, 3.63) is 18.2 Å². The molecule has 0 aromatic heterocycles. The van der Waals surface area contributed by atoms with Crippen molar-refractivity contribution in [2.45, 2.75) is 56.1 Å². The lowest BCUT2D eigenvalue weighted by molar-refractivity contribution is -0.123. The minimum Gasteiger partial charge on any atom is -0.478 e. The quantitative estimate of drug-likeness (QED) is 0.768. The first-order valence-corrected chi connectivity index (χ1v) is 10.2. The highest BCUT2D eigenvalue weighted by atomic mass is 32.2. The van der Waals surface area contributed by atoms with Crippen LogP contribution in [0.3, 0.4) is 0 Å². The zero-order valence-electron chi connectivity index (χ0n) is 14.3. The van der Waals surface area contributed by atoms with E-state index in [1.165, 1.54) is 12.1 Å². The Labute approximate surface area is 148 Å². The minimum atomic E-state index is -3.66. The normalized spacial score (nSPS) is 23.0. The maximum Gasteiger partial charge on any atom is 0.265 e. The molecular formula is C17H24N2O5S. The Hall–Kier alpha value is -1.64. The van der Waals surface area contributed by atoms with Crippen molar-refractivity contribution in [2.24, 2.45) is 0 Å². The van der Waals surface area contributed by atoms with E-state index < -0.39 is 16.1 Å². The molecule has 2 aliphatic rings. The molecular weight excluding hydrogens is 344 g/mol. The number of unbranched alkanes of at least 4 members (excludes halogenated alkanes) is 1. The molecule has 8 heteroatoms. The molecule has 2 unspecified atom stereocenters. The lowest BCUT2D eigenvalue weighted by Gasteiger charge is -2.26. The lowest BCUT2D eigenvalue weighted by Crippen LogP contribution is -2.37. The molecule has 0 aliphatic carbocycles. The Morgan fingerprint density at radius 2 is 2.20 bits per heavy atom. The van der Waals surface area contributed by atoms with Crippen molar-refractivity contribution in [1.29, 1.82) is 0 Å². The van der Waals surface area contributed by atoms with Crippen LogP contribution >= 0.6 is 0 Å². The van der Waals surface area contributed by atoms with E-state index in [4.69, 9.17) is 9.47 Å². The van der Waals surface area contributed by atoms with Crippen molar-refractivity contribution in [1.82, 2.24) is 4.72 Å². The van der Waals surface area contributed by atoms with Gasteiger partial charge in [-0.3, -0.25) is 4.79 Å². The lowest BCUT2D eigenvalue weighted by atomic mass is 10.1. The number of hydrogen-bond acceptors (Lipinski definition) is 5. The van der Waals surface area contributed by atoms with Crippen molar-refractivity contribution < 1.29 is 22.7 Å². The predicted octanol–water partition coefficient (Wildman–Crippen LogP) is 2.03. The van der Waals surface area contributed by atoms with Gasteiger partial charge in [-0.25, -0.2) is 13.1 Å². The van der Waals surface area contributed by atoms with Gasteiger partial charge in [-0.05, 0) is 43.9 Å². The van der Waals surface area contributed by atoms with Crippen molar-refractivity contribution in [3.63, 3.8) is 0 Å². The van der Waals surface area contributed by atoms with Gasteiger partial charge in [-0.1, -0.05) is 13.3 Å². The number of anilines is 1. The third-order valence-electron chi connectivity index (χ3n) is 4.43. The number of rotatable bonds is 7. The molecule has 1 saturated heterocycles. The molecule has 2 N–H and O–H groups in total. The molecule has 1 aromatic carbocycles. The van der Waals surface area contributed by atoms with Gasteiger partial charge in [0.05, 0.1) is 16.7 Å². The first-order valence-electron chi connectivity index (χ1n) is 8.72. The molecule has 25 heavy (non-hydrogen) atoms. The first kappa shape index (κ1) is 18.2. The van der Waals surface area contributed by atoms with Gasteiger partial charge in [-0.2, -0.15) is 0 Å². The van der Waals surface area contributed by atoms with Crippen LogP contribution in [0.15, 0.2) is 23.1 Å². The number of fused-ring (bicyclic) bond motifs is 1. The number of nitrogens with one attached hydrogen (secondary N) is 2. The van der Waals surface area contributed by atoms with E-state index in [2.05, 4.69) is 17.0 Å². The summed E-state index contributed by atoms with van der Waals surface area (Å²) in [5.41, 5.74) is 0.387. The fraction of sp³-hybridized carbons (Fsp3) is 0.588. The standard InChI is InChI=1S/C17H24N2O5S/c1-2-3-6-16-17(20)19-14-10-13(7-8-15(14)24-16)25(21,22)18-11-12-5-4-9-23-12/h7-8,10,12,16,18H,2-6,9,11H2,1H3,(H,19,20). The maximum absolute atomic E-state index is 12.4. The molecule has 1 fully saturated rings. The van der Waals surface area contributed by atoms with E-state index in [1.807, 2.05) is 0 Å². The second kappa shape index (κ2) is 7.72. The second-order valence-electron chi connectivity index (χ2n) is 6.38. The summed E-state index contributed by atoms with van der Waals surface area (Å²) in [6.07, 6.45) is 3.73. The van der Waals surface area contributed by atoms with Crippen LogP contribution in [0.4, 0.5) is 5.69 Å². The molecule has 1 amide bonds. The van der Waals surface area contributed by atoms with Crippen molar-refractivity contribution in [3.8, 4) is 5.75 Å². The van der Waals surface area contributed by atoms with Crippen LogP contribution < -0.4 is 14.8 Å². The van der Waals surface area contributed by atoms with E-state index in [0.29, 0.717) is 24.5 Å². The van der Waals surface area contributed by atoms with Gasteiger partial charge in [0.1, 0.15) is 5.75 Å². The molecule has 2 aliphatic heterocycles.